The number of anilines is 2. The van der Waals surface area contributed by atoms with Crippen molar-refractivity contribution in [3.8, 4) is 0 Å². The zero-order valence-electron chi connectivity index (χ0n) is 22.8. The summed E-state index contributed by atoms with van der Waals surface area (Å²) in [6.45, 7) is 4.32. The number of carbonyl (C=O) groups is 2. The number of aryl methyl sites for hydroxylation is 1. The summed E-state index contributed by atoms with van der Waals surface area (Å²) in [6, 6.07) is 11.7. The molecule has 2 aliphatic heterocycles. The van der Waals surface area contributed by atoms with E-state index < -0.39 is 6.16 Å². The normalized spacial score (nSPS) is 18.7. The molecule has 9 heteroatoms. The lowest BCUT2D eigenvalue weighted by molar-refractivity contribution is -0.119. The van der Waals surface area contributed by atoms with Crippen molar-refractivity contribution in [2.75, 3.05) is 49.3 Å². The van der Waals surface area contributed by atoms with Gasteiger partial charge in [0.15, 0.2) is 6.73 Å². The number of rotatable bonds is 7. The Morgan fingerprint density at radius 2 is 1.80 bits per heavy atom. The third-order valence-corrected chi connectivity index (χ3v) is 9.28. The molecule has 0 radical (unpaired) electrons. The van der Waals surface area contributed by atoms with E-state index in [1.165, 1.54) is 6.42 Å². The number of thiophene rings is 1. The first-order valence-corrected chi connectivity index (χ1v) is 15.3. The van der Waals surface area contributed by atoms with Crippen LogP contribution in [0.15, 0.2) is 41.8 Å². The largest absolute Gasteiger partial charge is 0.510 e. The molecule has 0 atom stereocenters. The Bertz CT molecular complexity index is 1360. The van der Waals surface area contributed by atoms with E-state index in [0.29, 0.717) is 12.8 Å². The van der Waals surface area contributed by atoms with Crippen molar-refractivity contribution in [2.24, 2.45) is 0 Å². The topological polar surface area (TPSA) is 62.3 Å². The van der Waals surface area contributed by atoms with Crippen LogP contribution in [0.25, 0.3) is 10.1 Å². The van der Waals surface area contributed by atoms with E-state index in [0.717, 1.165) is 97.4 Å². The van der Waals surface area contributed by atoms with Crippen LogP contribution in [-0.2, 0) is 27.1 Å². The molecule has 3 aliphatic rings. The average molecular weight is 566 g/mol. The van der Waals surface area contributed by atoms with Gasteiger partial charge in [-0.25, -0.2) is 9.18 Å². The predicted octanol–water partition coefficient (Wildman–Crippen LogP) is 6.13. The van der Waals surface area contributed by atoms with Crippen molar-refractivity contribution in [3.05, 3.63) is 58.7 Å². The molecule has 1 saturated heterocycles. The fraction of sp³-hybridized carbons (Fsp3) is 0.484. The molecule has 0 spiro atoms. The Morgan fingerprint density at radius 1 is 0.975 bits per heavy atom. The van der Waals surface area contributed by atoms with Gasteiger partial charge in [0.05, 0.1) is 5.69 Å². The first-order valence-electron chi connectivity index (χ1n) is 14.4. The summed E-state index contributed by atoms with van der Waals surface area (Å²) < 4.78 is 26.0. The van der Waals surface area contributed by atoms with E-state index in [1.807, 2.05) is 5.38 Å². The smallest absolute Gasteiger partial charge is 0.431 e. The predicted molar refractivity (Wildman–Crippen MR) is 156 cm³/mol. The van der Waals surface area contributed by atoms with E-state index in [-0.39, 0.29) is 24.6 Å². The van der Waals surface area contributed by atoms with E-state index in [1.54, 1.807) is 28.4 Å². The number of hydrogen-bond donors (Lipinski definition) is 0. The molecular formula is C31H36FN3O4S. The van der Waals surface area contributed by atoms with Crippen molar-refractivity contribution in [2.45, 2.75) is 57.5 Å². The molecule has 1 aliphatic carbocycles. The van der Waals surface area contributed by atoms with Crippen molar-refractivity contribution >= 4 is 44.9 Å². The van der Waals surface area contributed by atoms with Crippen LogP contribution >= 0.6 is 11.3 Å². The Morgan fingerprint density at radius 3 is 2.62 bits per heavy atom. The monoisotopic (exact) mass is 565 g/mol. The van der Waals surface area contributed by atoms with Gasteiger partial charge in [-0.3, -0.25) is 14.6 Å². The molecule has 1 amide bonds. The quantitative estimate of drug-likeness (QED) is 0.322. The molecule has 0 unspecified atom stereocenters. The first kappa shape index (κ1) is 27.0. The van der Waals surface area contributed by atoms with Gasteiger partial charge in [-0.1, -0.05) is 18.6 Å². The maximum atomic E-state index is 14.2. The van der Waals surface area contributed by atoms with Crippen molar-refractivity contribution < 1.29 is 23.5 Å². The minimum Gasteiger partial charge on any atom is -0.431 e. The van der Waals surface area contributed by atoms with Gasteiger partial charge in [0, 0.05) is 54.9 Å². The molecule has 0 N–H and O–H groups in total. The van der Waals surface area contributed by atoms with Crippen LogP contribution in [0.5, 0.6) is 0 Å². The molecule has 40 heavy (non-hydrogen) atoms. The number of fused-ring (bicyclic) bond motifs is 2. The summed E-state index contributed by atoms with van der Waals surface area (Å²) in [7, 11) is 0. The zero-order chi connectivity index (χ0) is 27.5. The van der Waals surface area contributed by atoms with Gasteiger partial charge < -0.3 is 14.4 Å². The van der Waals surface area contributed by atoms with Crippen molar-refractivity contribution in [1.29, 1.82) is 0 Å². The third-order valence-electron chi connectivity index (χ3n) is 8.42. The maximum absolute atomic E-state index is 14.2. The van der Waals surface area contributed by atoms with Crippen LogP contribution in [-0.4, -0.2) is 62.5 Å². The van der Waals surface area contributed by atoms with Crippen LogP contribution in [0.1, 0.15) is 49.7 Å². The molecule has 1 aromatic heterocycles. The van der Waals surface area contributed by atoms with Gasteiger partial charge in [-0.2, -0.15) is 0 Å². The maximum Gasteiger partial charge on any atom is 0.510 e. The second-order valence-corrected chi connectivity index (χ2v) is 12.0. The van der Waals surface area contributed by atoms with Crippen LogP contribution in [0, 0.1) is 5.82 Å². The molecule has 2 aromatic carbocycles. The second-order valence-electron chi connectivity index (χ2n) is 11.0. The molecule has 212 valence electrons. The van der Waals surface area contributed by atoms with Gasteiger partial charge >= 0.3 is 6.16 Å². The molecule has 7 nitrogen and oxygen atoms in total. The summed E-state index contributed by atoms with van der Waals surface area (Å²) in [5.74, 6) is -0.220. The lowest BCUT2D eigenvalue weighted by Crippen LogP contribution is -2.47. The minimum absolute atomic E-state index is 0.0386. The summed E-state index contributed by atoms with van der Waals surface area (Å²) in [5, 5.41) is 3.14. The molecular weight excluding hydrogens is 529 g/mol. The summed E-state index contributed by atoms with van der Waals surface area (Å²) >= 11 is 1.57. The van der Waals surface area contributed by atoms with Gasteiger partial charge in [0.25, 0.3) is 0 Å². The number of nitrogens with zero attached hydrogens (tertiary/aromatic N) is 3. The number of hydrogen-bond acceptors (Lipinski definition) is 7. The summed E-state index contributed by atoms with van der Waals surface area (Å²) in [5.41, 5.74) is 4.06. The minimum atomic E-state index is -0.694. The van der Waals surface area contributed by atoms with E-state index in [4.69, 9.17) is 9.47 Å². The van der Waals surface area contributed by atoms with Gasteiger partial charge in [0.1, 0.15) is 11.9 Å². The zero-order valence-corrected chi connectivity index (χ0v) is 23.6. The SMILES string of the molecule is O=C(OCN1C(=O)CCc2ccc(CCN3CCN(c4cc(F)cc5sccc45)CC3)cc21)OC1CCCCC1. The number of benzene rings is 2. The average Bonchev–Trinajstić information content (AvgIpc) is 3.44. The van der Waals surface area contributed by atoms with Crippen LogP contribution in [0.4, 0.5) is 20.6 Å². The number of halogens is 1. The molecule has 3 heterocycles. The summed E-state index contributed by atoms with van der Waals surface area (Å²) in [6.07, 6.45) is 6.25. The highest BCUT2D eigenvalue weighted by atomic mass is 32.1. The highest BCUT2D eigenvalue weighted by Gasteiger charge is 2.27. The highest BCUT2D eigenvalue weighted by molar-refractivity contribution is 7.17. The van der Waals surface area contributed by atoms with Crippen LogP contribution in [0.3, 0.4) is 0 Å². The molecule has 6 rings (SSSR count). The number of piperazine rings is 1. The standard InChI is InChI=1S/C31H36FN3O4S/c32-24-19-28(26-11-17-40-29(26)20-24)34-15-13-33(14-16-34)12-10-22-6-7-23-8-9-30(36)35(27(23)18-22)21-38-31(37)39-25-4-2-1-3-5-25/h6-7,11,17-20,25H,1-5,8-10,12-16,21H2. The fourth-order valence-electron chi connectivity index (χ4n) is 6.13. The summed E-state index contributed by atoms with van der Waals surface area (Å²) in [4.78, 5) is 31.4. The van der Waals surface area contributed by atoms with Crippen molar-refractivity contribution in [3.63, 3.8) is 0 Å². The Kier molecular flexibility index (Phi) is 8.20. The molecule has 2 fully saturated rings. The third kappa shape index (κ3) is 6.10. The van der Waals surface area contributed by atoms with E-state index in [9.17, 15) is 14.0 Å². The molecule has 1 saturated carbocycles. The van der Waals surface area contributed by atoms with E-state index >= 15 is 0 Å². The van der Waals surface area contributed by atoms with Crippen LogP contribution in [0.2, 0.25) is 0 Å². The molecule has 0 bridgehead atoms. The van der Waals surface area contributed by atoms with Crippen molar-refractivity contribution in [1.82, 2.24) is 4.90 Å². The Hall–Kier alpha value is -3.17. The molecule has 3 aromatic rings. The van der Waals surface area contributed by atoms with E-state index in [2.05, 4.69) is 34.1 Å². The lowest BCUT2D eigenvalue weighted by atomic mass is 9.98. The number of amides is 1. The highest BCUT2D eigenvalue weighted by Crippen LogP contribution is 2.33. The Labute approximate surface area is 238 Å². The Balaban J connectivity index is 1.04. The second kappa shape index (κ2) is 12.1. The van der Waals surface area contributed by atoms with Gasteiger partial charge in [0.2, 0.25) is 5.91 Å². The van der Waals surface area contributed by atoms with Gasteiger partial charge in [-0.05, 0) is 79.3 Å². The fourth-order valence-corrected chi connectivity index (χ4v) is 6.96. The number of carbonyl (C=O) groups excluding carboxylic acids is 2. The number of ether oxygens (including phenoxy) is 2. The van der Waals surface area contributed by atoms with Gasteiger partial charge in [-0.15, -0.1) is 11.3 Å². The lowest BCUT2D eigenvalue weighted by Gasteiger charge is -2.36. The first-order chi connectivity index (χ1) is 19.5. The van der Waals surface area contributed by atoms with Crippen LogP contribution < -0.4 is 9.80 Å².